The molecule has 1 fully saturated rings. The number of benzene rings is 1. The Balaban J connectivity index is 2.28. The highest BCUT2D eigenvalue weighted by Crippen LogP contribution is 2.44. The summed E-state index contributed by atoms with van der Waals surface area (Å²) in [6.07, 6.45) is 2.34. The number of carboxylic acid groups (broad SMARTS) is 1. The first-order valence-electron chi connectivity index (χ1n) is 6.91. The summed E-state index contributed by atoms with van der Waals surface area (Å²) >= 11 is 6.23. The van der Waals surface area contributed by atoms with Crippen LogP contribution in [0.2, 0.25) is 5.02 Å². The SMILES string of the molecule is CC1(C)C[C@](CC(=O)O)(Cc2ccccc2Cl)CCO1. The van der Waals surface area contributed by atoms with Crippen molar-refractivity contribution in [1.29, 1.82) is 0 Å². The molecule has 1 atom stereocenters. The van der Waals surface area contributed by atoms with Crippen LogP contribution in [0.3, 0.4) is 0 Å². The molecule has 3 nitrogen and oxygen atoms in total. The molecule has 0 saturated carbocycles. The van der Waals surface area contributed by atoms with Gasteiger partial charge in [0, 0.05) is 11.6 Å². The average molecular weight is 297 g/mol. The van der Waals surface area contributed by atoms with E-state index in [-0.39, 0.29) is 17.4 Å². The lowest BCUT2D eigenvalue weighted by molar-refractivity contribution is -0.147. The Labute approximate surface area is 124 Å². The van der Waals surface area contributed by atoms with Gasteiger partial charge in [-0.25, -0.2) is 0 Å². The molecule has 110 valence electrons. The number of aliphatic carboxylic acids is 1. The zero-order valence-electron chi connectivity index (χ0n) is 12.0. The van der Waals surface area contributed by atoms with Crippen molar-refractivity contribution >= 4 is 17.6 Å². The molecule has 2 rings (SSSR count). The summed E-state index contributed by atoms with van der Waals surface area (Å²) in [4.78, 5) is 11.3. The first-order valence-corrected chi connectivity index (χ1v) is 7.29. The Hall–Kier alpha value is -1.06. The first kappa shape index (κ1) is 15.3. The topological polar surface area (TPSA) is 46.5 Å². The lowest BCUT2D eigenvalue weighted by Gasteiger charge is -2.44. The van der Waals surface area contributed by atoms with Crippen LogP contribution in [-0.2, 0) is 16.0 Å². The van der Waals surface area contributed by atoms with E-state index in [1.807, 2.05) is 38.1 Å². The molecule has 0 amide bonds. The van der Waals surface area contributed by atoms with Crippen molar-refractivity contribution in [3.63, 3.8) is 0 Å². The van der Waals surface area contributed by atoms with Crippen molar-refractivity contribution in [2.24, 2.45) is 5.41 Å². The quantitative estimate of drug-likeness (QED) is 0.915. The lowest BCUT2D eigenvalue weighted by atomic mass is 9.68. The fourth-order valence-corrected chi connectivity index (χ4v) is 3.52. The highest BCUT2D eigenvalue weighted by atomic mass is 35.5. The fraction of sp³-hybridized carbons (Fsp3) is 0.562. The maximum atomic E-state index is 11.3. The predicted octanol–water partition coefficient (Wildman–Crippen LogP) is 3.93. The summed E-state index contributed by atoms with van der Waals surface area (Å²) in [6.45, 7) is 4.65. The van der Waals surface area contributed by atoms with Gasteiger partial charge in [-0.15, -0.1) is 0 Å². The van der Waals surface area contributed by atoms with Gasteiger partial charge >= 0.3 is 5.97 Å². The van der Waals surface area contributed by atoms with Gasteiger partial charge in [0.25, 0.3) is 0 Å². The maximum Gasteiger partial charge on any atom is 0.303 e. The minimum atomic E-state index is -0.755. The van der Waals surface area contributed by atoms with Crippen molar-refractivity contribution < 1.29 is 14.6 Å². The summed E-state index contributed by atoms with van der Waals surface area (Å²) in [5.74, 6) is -0.755. The fourth-order valence-electron chi connectivity index (χ4n) is 3.32. The number of ether oxygens (including phenoxy) is 1. The van der Waals surface area contributed by atoms with Crippen LogP contribution in [0.15, 0.2) is 24.3 Å². The molecule has 1 N–H and O–H groups in total. The standard InChI is InChI=1S/C16H21ClO3/c1-15(2)11-16(7-8-20-15,10-14(18)19)9-12-5-3-4-6-13(12)17/h3-6H,7-11H2,1-2H3,(H,18,19)/t16-/m0/s1. The molecule has 1 aromatic carbocycles. The molecule has 1 heterocycles. The van der Waals surface area contributed by atoms with Crippen LogP contribution in [0.4, 0.5) is 0 Å². The van der Waals surface area contributed by atoms with Crippen molar-refractivity contribution in [2.75, 3.05) is 6.61 Å². The Morgan fingerprint density at radius 2 is 2.10 bits per heavy atom. The van der Waals surface area contributed by atoms with Crippen LogP contribution in [0, 0.1) is 5.41 Å². The molecule has 1 aliphatic heterocycles. The zero-order chi connectivity index (χ0) is 14.8. The molecule has 1 aliphatic rings. The second-order valence-electron chi connectivity index (χ2n) is 6.37. The van der Waals surface area contributed by atoms with Gasteiger partial charge in [0.1, 0.15) is 0 Å². The number of halogens is 1. The van der Waals surface area contributed by atoms with Crippen LogP contribution < -0.4 is 0 Å². The number of carbonyl (C=O) groups is 1. The molecule has 1 aromatic rings. The average Bonchev–Trinajstić information content (AvgIpc) is 2.29. The third-order valence-corrected chi connectivity index (χ3v) is 4.34. The van der Waals surface area contributed by atoms with Crippen molar-refractivity contribution in [3.05, 3.63) is 34.9 Å². The van der Waals surface area contributed by atoms with Gasteiger partial charge in [-0.05, 0) is 50.2 Å². The summed E-state index contributed by atoms with van der Waals surface area (Å²) < 4.78 is 5.74. The minimum Gasteiger partial charge on any atom is -0.481 e. The van der Waals surface area contributed by atoms with Gasteiger partial charge in [-0.3, -0.25) is 4.79 Å². The van der Waals surface area contributed by atoms with Crippen LogP contribution in [0.25, 0.3) is 0 Å². The highest BCUT2D eigenvalue weighted by molar-refractivity contribution is 6.31. The predicted molar refractivity (Wildman–Crippen MR) is 79.1 cm³/mol. The van der Waals surface area contributed by atoms with Crippen molar-refractivity contribution in [3.8, 4) is 0 Å². The van der Waals surface area contributed by atoms with E-state index in [4.69, 9.17) is 16.3 Å². The molecule has 4 heteroatoms. The van der Waals surface area contributed by atoms with E-state index >= 15 is 0 Å². The molecule has 0 bridgehead atoms. The summed E-state index contributed by atoms with van der Waals surface area (Å²) in [5, 5.41) is 9.98. The van der Waals surface area contributed by atoms with Crippen LogP contribution in [0.5, 0.6) is 0 Å². The molecule has 0 radical (unpaired) electrons. The van der Waals surface area contributed by atoms with E-state index in [9.17, 15) is 9.90 Å². The molecule has 20 heavy (non-hydrogen) atoms. The molecular weight excluding hydrogens is 276 g/mol. The second-order valence-corrected chi connectivity index (χ2v) is 6.78. The van der Waals surface area contributed by atoms with Gasteiger partial charge in [0.05, 0.1) is 12.0 Å². The van der Waals surface area contributed by atoms with E-state index < -0.39 is 5.97 Å². The summed E-state index contributed by atoms with van der Waals surface area (Å²) in [7, 11) is 0. The lowest BCUT2D eigenvalue weighted by Crippen LogP contribution is -2.43. The van der Waals surface area contributed by atoms with Crippen molar-refractivity contribution in [1.82, 2.24) is 0 Å². The van der Waals surface area contributed by atoms with E-state index in [1.165, 1.54) is 0 Å². The van der Waals surface area contributed by atoms with Crippen LogP contribution in [-0.4, -0.2) is 23.3 Å². The molecule has 0 unspecified atom stereocenters. The zero-order valence-corrected chi connectivity index (χ0v) is 12.7. The van der Waals surface area contributed by atoms with Gasteiger partial charge in [-0.1, -0.05) is 29.8 Å². The van der Waals surface area contributed by atoms with E-state index in [0.717, 1.165) is 18.4 Å². The van der Waals surface area contributed by atoms with Crippen molar-refractivity contribution in [2.45, 2.75) is 45.1 Å². The normalized spacial score (nSPS) is 25.4. The third-order valence-electron chi connectivity index (χ3n) is 3.98. The summed E-state index contributed by atoms with van der Waals surface area (Å²) in [5.41, 5.74) is 0.459. The monoisotopic (exact) mass is 296 g/mol. The highest BCUT2D eigenvalue weighted by Gasteiger charge is 2.42. The largest absolute Gasteiger partial charge is 0.481 e. The molecule has 1 saturated heterocycles. The molecule has 0 aliphatic carbocycles. The Morgan fingerprint density at radius 1 is 1.40 bits per heavy atom. The third kappa shape index (κ3) is 3.74. The maximum absolute atomic E-state index is 11.3. The van der Waals surface area contributed by atoms with Gasteiger partial charge in [0.2, 0.25) is 0 Å². The second kappa shape index (κ2) is 5.74. The minimum absolute atomic E-state index is 0.158. The Kier molecular flexibility index (Phi) is 4.40. The smallest absolute Gasteiger partial charge is 0.303 e. The number of rotatable bonds is 4. The summed E-state index contributed by atoms with van der Waals surface area (Å²) in [6, 6.07) is 7.67. The first-order chi connectivity index (χ1) is 9.32. The Bertz CT molecular complexity index is 498. The molecule has 0 spiro atoms. The number of hydrogen-bond acceptors (Lipinski definition) is 2. The van der Waals surface area contributed by atoms with Gasteiger partial charge < -0.3 is 9.84 Å². The van der Waals surface area contributed by atoms with Gasteiger partial charge in [-0.2, -0.15) is 0 Å². The van der Waals surface area contributed by atoms with Gasteiger partial charge in [0.15, 0.2) is 0 Å². The van der Waals surface area contributed by atoms with E-state index in [1.54, 1.807) is 0 Å². The Morgan fingerprint density at radius 3 is 2.70 bits per heavy atom. The number of hydrogen-bond donors (Lipinski definition) is 1. The van der Waals surface area contributed by atoms with Crippen LogP contribution >= 0.6 is 11.6 Å². The number of carboxylic acids is 1. The van der Waals surface area contributed by atoms with Crippen LogP contribution in [0.1, 0.15) is 38.7 Å². The van der Waals surface area contributed by atoms with E-state index in [2.05, 4.69) is 0 Å². The molecule has 0 aromatic heterocycles. The molecular formula is C16H21ClO3. The van der Waals surface area contributed by atoms with E-state index in [0.29, 0.717) is 18.1 Å².